The van der Waals surface area contributed by atoms with Gasteiger partial charge in [0.25, 0.3) is 0 Å². The largest absolute Gasteiger partial charge is 0.780 e. The summed E-state index contributed by atoms with van der Waals surface area (Å²) in [6.07, 6.45) is -0.537. The lowest BCUT2D eigenvalue weighted by atomic mass is 10.1. The van der Waals surface area contributed by atoms with Gasteiger partial charge in [-0.3, -0.25) is 9.13 Å². The van der Waals surface area contributed by atoms with Gasteiger partial charge in [-0.05, 0) is 96.2 Å². The Morgan fingerprint density at radius 1 is 0.776 bits per heavy atom. The Morgan fingerprint density at radius 3 is 1.89 bits per heavy atom. The zero-order valence-corrected chi connectivity index (χ0v) is 53.2. The minimum Gasteiger partial charge on any atom is -0.780 e. The number of aryl methyl sites for hydroxylation is 1. The van der Waals surface area contributed by atoms with E-state index in [1.807, 2.05) is 23.9 Å². The van der Waals surface area contributed by atoms with Gasteiger partial charge in [-0.15, -0.1) is 0 Å². The van der Waals surface area contributed by atoms with Crippen LogP contribution in [-0.4, -0.2) is 151 Å². The molecule has 4 aromatic heterocycles. The molecule has 4 aromatic rings. The van der Waals surface area contributed by atoms with Crippen molar-refractivity contribution >= 4 is 82.2 Å². The van der Waals surface area contributed by atoms with Crippen molar-refractivity contribution in [3.05, 3.63) is 36.4 Å². The minimum absolute atomic E-state index is 0.268. The van der Waals surface area contributed by atoms with E-state index < -0.39 is 85.8 Å². The number of hydrogen-bond donors (Lipinski definition) is 4. The van der Waals surface area contributed by atoms with Crippen LogP contribution in [-0.2, 0) is 78.1 Å². The Labute approximate surface area is 463 Å². The fourth-order valence-corrected chi connectivity index (χ4v) is 14.7. The van der Waals surface area contributed by atoms with Crippen molar-refractivity contribution in [1.29, 1.82) is 0 Å². The molecular formula is C49H88N10O11P2S2Si2. The first-order chi connectivity index (χ1) is 35.6. The number of fused-ring (bicyclic) bond motifs is 4. The molecule has 2 bridgehead atoms. The second-order valence-electron chi connectivity index (χ2n) is 22.9. The van der Waals surface area contributed by atoms with Crippen LogP contribution in [0.1, 0.15) is 113 Å². The van der Waals surface area contributed by atoms with Crippen molar-refractivity contribution in [3.63, 3.8) is 0 Å². The maximum Gasteiger partial charge on any atom is 0.200 e. The third-order valence-corrected chi connectivity index (χ3v) is 28.1. The van der Waals surface area contributed by atoms with Gasteiger partial charge < -0.3 is 78.4 Å². The SMILES string of the molecule is CC(C)(C)[Si](C)(C)O[C@@H]1[C@@H]2OP(=O)([S-])OC[C@H]3O[C@@H](n4cnc5c(CO)ncnc54)[C@H](OP([O-])(=S)OC[C@H]2O[C@H]1n1cc2c4c(ncnc41)NCCC2)[C@@H]3O[Si](C)(C)C(C)(C)C.CC[NH+](CC)CC.CC[NH+](CC)CC. The highest BCUT2D eigenvalue weighted by atomic mass is 32.7. The molecular weight excluding hydrogens is 1090 g/mol. The van der Waals surface area contributed by atoms with Crippen LogP contribution in [0.25, 0.3) is 22.2 Å². The van der Waals surface area contributed by atoms with E-state index in [0.29, 0.717) is 28.3 Å². The Balaban J connectivity index is 0.000000590. The lowest BCUT2D eigenvalue weighted by Crippen LogP contribution is -3.11. The van der Waals surface area contributed by atoms with Gasteiger partial charge in [0.2, 0.25) is 0 Å². The highest BCUT2D eigenvalue weighted by Crippen LogP contribution is 2.56. The average Bonchev–Trinajstić information content (AvgIpc) is 4.08. The summed E-state index contributed by atoms with van der Waals surface area (Å²) < 4.78 is 70.8. The number of aliphatic hydroxyl groups excluding tert-OH is 1. The number of nitrogens with zero attached hydrogens (tertiary/aromatic N) is 7. The van der Waals surface area contributed by atoms with Gasteiger partial charge in [0.15, 0.2) is 41.5 Å². The molecule has 4 aliphatic rings. The van der Waals surface area contributed by atoms with Gasteiger partial charge in [-0.1, -0.05) is 53.3 Å². The number of ether oxygens (including phenoxy) is 2. The number of anilines is 1. The Morgan fingerprint density at radius 2 is 1.33 bits per heavy atom. The van der Waals surface area contributed by atoms with Gasteiger partial charge >= 0.3 is 0 Å². The van der Waals surface area contributed by atoms with Crippen LogP contribution in [0.5, 0.6) is 0 Å². The van der Waals surface area contributed by atoms with E-state index in [1.54, 1.807) is 14.4 Å². The van der Waals surface area contributed by atoms with Gasteiger partial charge in [0.05, 0.1) is 76.5 Å². The number of rotatable bonds is 13. The molecule has 430 valence electrons. The molecule has 0 aromatic carbocycles. The molecule has 8 rings (SSSR count). The lowest BCUT2D eigenvalue weighted by Gasteiger charge is -2.42. The van der Waals surface area contributed by atoms with Crippen LogP contribution < -0.4 is 20.0 Å². The van der Waals surface area contributed by atoms with Crippen LogP contribution in [0.2, 0.25) is 36.3 Å². The number of aromatic nitrogens is 7. The van der Waals surface area contributed by atoms with Gasteiger partial charge in [0, 0.05) is 12.7 Å². The smallest absolute Gasteiger partial charge is 0.200 e. The van der Waals surface area contributed by atoms with Crippen LogP contribution in [0, 0.1) is 0 Å². The van der Waals surface area contributed by atoms with Crippen molar-refractivity contribution in [2.45, 2.75) is 188 Å². The normalized spacial score (nSPS) is 28.6. The summed E-state index contributed by atoms with van der Waals surface area (Å²) in [6.45, 7) is 32.5. The first-order valence-electron chi connectivity index (χ1n) is 27.1. The van der Waals surface area contributed by atoms with Gasteiger partial charge in [-0.2, -0.15) is 0 Å². The first kappa shape index (κ1) is 63.3. The van der Waals surface area contributed by atoms with Crippen LogP contribution in [0.3, 0.4) is 0 Å². The van der Waals surface area contributed by atoms with E-state index in [4.69, 9.17) is 65.5 Å². The lowest BCUT2D eigenvalue weighted by molar-refractivity contribution is -0.894. The minimum atomic E-state index is -4.47. The summed E-state index contributed by atoms with van der Waals surface area (Å²) in [6, 6.07) is 0. The van der Waals surface area contributed by atoms with Crippen molar-refractivity contribution < 1.29 is 60.8 Å². The first-order valence-corrected chi connectivity index (χ1v) is 38.0. The standard InChI is InChI=1S/C37H58N8O11P2S2Si2.2C6H15N/c1-36(2,3)61(7,8)55-28-24-17-50-57(47,59)53-27-23(16-49-58(48,60)54-29(28)34(52-24)45-20-43-26-22(15-46)39-18-42-33(26)45)51-35(30(27)56-62(9,10)37(4,5)6)44-14-21-12-11-13-38-31-25(21)32(44)41-19-40-31;2*1-4-7(5-2)6-3/h14,18-20,23-24,27-30,34-35,46H,11-13,15-17H2,1-10H3,(H,47,59)(H,48,60)(H,38,40,41);2*4-6H2,1-3H3/t23-,24-,27-,28-,29-,30-,34-,35-,57?,58?;;/m1../s1. The molecule has 3 fully saturated rings. The zero-order valence-electron chi connectivity index (χ0n) is 47.8. The third kappa shape index (κ3) is 14.6. The van der Waals surface area contributed by atoms with Crippen molar-refractivity contribution in [1.82, 2.24) is 34.1 Å². The van der Waals surface area contributed by atoms with E-state index in [1.165, 1.54) is 58.3 Å². The number of quaternary nitrogens is 2. The van der Waals surface area contributed by atoms with Gasteiger partial charge in [-0.25, -0.2) is 24.9 Å². The second kappa shape index (κ2) is 25.9. The summed E-state index contributed by atoms with van der Waals surface area (Å²) in [5, 5.41) is 13.7. The monoisotopic (exact) mass is 1170 g/mol. The number of nitrogens with one attached hydrogen (secondary N) is 3. The molecule has 3 saturated heterocycles. The van der Waals surface area contributed by atoms with Crippen LogP contribution in [0.15, 0.2) is 25.2 Å². The van der Waals surface area contributed by atoms with Crippen LogP contribution in [0.4, 0.5) is 5.82 Å². The molecule has 21 nitrogen and oxygen atoms in total. The van der Waals surface area contributed by atoms with Crippen molar-refractivity contribution in [2.75, 3.05) is 64.3 Å². The molecule has 2 unspecified atom stereocenters. The molecule has 76 heavy (non-hydrogen) atoms. The quantitative estimate of drug-likeness (QED) is 0.0724. The molecule has 0 spiro atoms. The predicted molar refractivity (Wildman–Crippen MR) is 304 cm³/mol. The summed E-state index contributed by atoms with van der Waals surface area (Å²) in [4.78, 5) is 40.3. The molecule has 0 amide bonds. The van der Waals surface area contributed by atoms with E-state index in [2.05, 4.69) is 121 Å². The van der Waals surface area contributed by atoms with E-state index in [-0.39, 0.29) is 23.3 Å². The molecule has 10 atom stereocenters. The molecule has 27 heteroatoms. The maximum atomic E-state index is 14.7. The molecule has 0 aliphatic carbocycles. The Bertz CT molecular complexity index is 2610. The highest BCUT2D eigenvalue weighted by molar-refractivity contribution is 8.32. The van der Waals surface area contributed by atoms with E-state index in [9.17, 15) is 14.6 Å². The molecule has 4 N–H and O–H groups in total. The molecule has 0 radical (unpaired) electrons. The number of imidazole rings is 1. The van der Waals surface area contributed by atoms with Crippen LogP contribution >= 0.6 is 13.5 Å². The summed E-state index contributed by atoms with van der Waals surface area (Å²) in [5.41, 5.74) is 2.55. The Kier molecular flexibility index (Phi) is 21.6. The maximum absolute atomic E-state index is 14.7. The van der Waals surface area contributed by atoms with Crippen molar-refractivity contribution in [2.24, 2.45) is 0 Å². The third-order valence-electron chi connectivity index (χ3n) is 16.1. The predicted octanol–water partition coefficient (Wildman–Crippen LogP) is 5.62. The molecule has 0 saturated carbocycles. The molecule has 8 heterocycles. The fourth-order valence-electron chi connectivity index (χ4n) is 9.23. The summed E-state index contributed by atoms with van der Waals surface area (Å²) in [5.74, 6) is 0.715. The fraction of sp³-hybridized carbons (Fsp3) is 0.776. The summed E-state index contributed by atoms with van der Waals surface area (Å²) >= 11 is 11.4. The topological polar surface area (TPSA) is 229 Å². The number of hydrogen-bond acceptors (Lipinski definition) is 19. The Hall–Kier alpha value is -1.85. The molecule has 4 aliphatic heterocycles. The average molecular weight is 1180 g/mol. The summed E-state index contributed by atoms with van der Waals surface area (Å²) in [7, 11) is -5.32. The number of aliphatic hydroxyl groups is 1. The van der Waals surface area contributed by atoms with Gasteiger partial charge in [0.1, 0.15) is 73.0 Å². The van der Waals surface area contributed by atoms with E-state index >= 15 is 0 Å². The van der Waals surface area contributed by atoms with Crippen molar-refractivity contribution in [3.8, 4) is 0 Å². The van der Waals surface area contributed by atoms with E-state index in [0.717, 1.165) is 30.3 Å². The second-order valence-corrected chi connectivity index (χ2v) is 37.8. The zero-order chi connectivity index (χ0) is 56.2. The highest BCUT2D eigenvalue weighted by Gasteiger charge is 2.56.